The number of rotatable bonds is 0. The van der Waals surface area contributed by atoms with Crippen LogP contribution in [0.3, 0.4) is 0 Å². The molecule has 0 saturated carbocycles. The normalized spacial score (nSPS) is 12.2. The Hall–Kier alpha value is -2.26. The molecule has 0 unspecified atom stereocenters. The molecule has 0 bridgehead atoms. The zero-order chi connectivity index (χ0) is 10.5. The maximum Gasteiger partial charge on any atom is 0.0334 e. The highest BCUT2D eigenvalue weighted by Crippen LogP contribution is 2.27. The summed E-state index contributed by atoms with van der Waals surface area (Å²) in [5.74, 6) is 0. The molecule has 0 amide bonds. The Labute approximate surface area is 92.8 Å². The lowest BCUT2D eigenvalue weighted by molar-refractivity contribution is 1.68. The van der Waals surface area contributed by atoms with Gasteiger partial charge in [0.05, 0.1) is 0 Å². The first-order valence-corrected chi connectivity index (χ1v) is 5.39. The predicted octanol–water partition coefficient (Wildman–Crippen LogP) is 3.27. The van der Waals surface area contributed by atoms with Crippen LogP contribution in [-0.2, 0) is 0 Å². The van der Waals surface area contributed by atoms with Crippen molar-refractivity contribution in [2.24, 2.45) is 0 Å². The summed E-state index contributed by atoms with van der Waals surface area (Å²) in [7, 11) is 0. The number of hydrogen-bond acceptors (Lipinski definition) is 0. The van der Waals surface area contributed by atoms with Crippen LogP contribution in [0.25, 0.3) is 33.4 Å². The summed E-state index contributed by atoms with van der Waals surface area (Å²) in [4.78, 5) is 0. The second-order valence-corrected chi connectivity index (χ2v) is 4.14. The first-order valence-electron chi connectivity index (χ1n) is 5.39. The molecule has 1 aliphatic carbocycles. The summed E-state index contributed by atoms with van der Waals surface area (Å²) >= 11 is 0. The van der Waals surface area contributed by atoms with Crippen LogP contribution in [0.2, 0.25) is 0 Å². The van der Waals surface area contributed by atoms with Gasteiger partial charge in [-0.05, 0) is 33.9 Å². The molecule has 16 heavy (non-hydrogen) atoms. The molecular weight excluding hydrogens is 208 g/mol. The fourth-order valence-electron chi connectivity index (χ4n) is 2.53. The quantitative estimate of drug-likeness (QED) is 0.312. The van der Waals surface area contributed by atoms with E-state index in [1.807, 2.05) is 6.08 Å². The average molecular weight is 216 g/mol. The van der Waals surface area contributed by atoms with Crippen LogP contribution in [0.5, 0.6) is 0 Å². The molecule has 0 N–H and O–H groups in total. The van der Waals surface area contributed by atoms with Crippen molar-refractivity contribution in [3.8, 4) is 0 Å². The van der Waals surface area contributed by atoms with Gasteiger partial charge in [0.15, 0.2) is 0 Å². The van der Waals surface area contributed by atoms with E-state index >= 15 is 0 Å². The second kappa shape index (κ2) is 2.65. The molecule has 0 nitrogen and oxygen atoms in total. The zero-order valence-corrected chi connectivity index (χ0v) is 8.62. The highest BCUT2D eigenvalue weighted by molar-refractivity contribution is 6.13. The summed E-state index contributed by atoms with van der Waals surface area (Å²) in [6.45, 7) is 0. The van der Waals surface area contributed by atoms with Crippen molar-refractivity contribution < 1.29 is 0 Å². The van der Waals surface area contributed by atoms with E-state index in [9.17, 15) is 0 Å². The molecule has 0 heterocycles. The Morgan fingerprint density at radius 2 is 1.56 bits per heavy atom. The first-order chi connectivity index (χ1) is 7.93. The predicted molar refractivity (Wildman–Crippen MR) is 68.1 cm³/mol. The van der Waals surface area contributed by atoms with Gasteiger partial charge in [0.2, 0.25) is 0 Å². The summed E-state index contributed by atoms with van der Waals surface area (Å²) in [6.07, 6.45) is 2.01. The summed E-state index contributed by atoms with van der Waals surface area (Å²) in [5, 5.41) is 6.42. The van der Waals surface area contributed by atoms with Crippen molar-refractivity contribution in [1.29, 1.82) is 0 Å². The Kier molecular flexibility index (Phi) is 1.32. The topological polar surface area (TPSA) is 0 Å². The SMILES string of the molecule is [13C]1=[13C]=[13c]2[13cH][13cH][13c]3[13cH][13cH][13cH][13c]4[13cH][13cH][13c]([13c]2[13c]43)[13CH]=1. The summed E-state index contributed by atoms with van der Waals surface area (Å²) in [6, 6.07) is 15.1. The van der Waals surface area contributed by atoms with Gasteiger partial charge in [0, 0.05) is 10.6 Å². The van der Waals surface area contributed by atoms with Crippen molar-refractivity contribution in [2.45, 2.75) is 0 Å². The minimum absolute atomic E-state index is 1.15. The molecule has 0 fully saturated rings. The monoisotopic (exact) mass is 216 g/mol. The van der Waals surface area contributed by atoms with Crippen LogP contribution < -0.4 is 5.22 Å². The first kappa shape index (κ1) is 7.96. The molecule has 0 aliphatic heterocycles. The average Bonchev–Trinajstić information content (AvgIpc) is 2.36. The molecule has 3 aromatic carbocycles. The van der Waals surface area contributed by atoms with E-state index in [0.717, 1.165) is 5.22 Å². The van der Waals surface area contributed by atoms with E-state index < -0.39 is 0 Å². The van der Waals surface area contributed by atoms with E-state index in [-0.39, 0.29) is 0 Å². The van der Waals surface area contributed by atoms with E-state index in [1.165, 1.54) is 27.1 Å². The Bertz CT molecular complexity index is 840. The lowest BCUT2D eigenvalue weighted by atomic mass is 10.9. The Morgan fingerprint density at radius 1 is 0.750 bits per heavy atom. The van der Waals surface area contributed by atoms with Crippen LogP contribution in [0.4, 0.5) is 0 Å². The van der Waals surface area contributed by atoms with Gasteiger partial charge in [-0.3, -0.25) is 0 Å². The van der Waals surface area contributed by atoms with Gasteiger partial charge in [0.1, 0.15) is 0 Å². The molecule has 0 saturated heterocycles. The molecule has 0 radical (unpaired) electrons. The van der Waals surface area contributed by atoms with Crippen molar-refractivity contribution in [3.05, 3.63) is 59.0 Å². The molecule has 0 heteroatoms. The van der Waals surface area contributed by atoms with Gasteiger partial charge < -0.3 is 0 Å². The highest BCUT2D eigenvalue weighted by atomic mass is 15.1. The third kappa shape index (κ3) is 0.857. The summed E-state index contributed by atoms with van der Waals surface area (Å²) in [5.41, 5.74) is 7.51. The van der Waals surface area contributed by atoms with E-state index in [1.54, 1.807) is 0 Å². The summed E-state index contributed by atoms with van der Waals surface area (Å²) < 4.78 is 0. The van der Waals surface area contributed by atoms with Crippen molar-refractivity contribution in [2.75, 3.05) is 0 Å². The largest absolute Gasteiger partial charge is 0.0689 e. The van der Waals surface area contributed by atoms with Crippen LogP contribution in [0.1, 0.15) is 5.56 Å². The van der Waals surface area contributed by atoms with Crippen LogP contribution in [0.15, 0.2) is 48.2 Å². The lowest BCUT2D eigenvalue weighted by Gasteiger charge is -2.09. The molecule has 3 aromatic rings. The molecule has 0 atom stereocenters. The molecular formula is C16H8. The maximum absolute atomic E-state index is 3.19. The minimum Gasteiger partial charge on any atom is -0.0689 e. The Morgan fingerprint density at radius 3 is 2.44 bits per heavy atom. The molecule has 72 valence electrons. The highest BCUT2D eigenvalue weighted by Gasteiger charge is 2.07. The number of hydrogen-bond donors (Lipinski definition) is 0. The molecule has 4 rings (SSSR count). The fraction of sp³-hybridized carbons (Fsp3) is 0. The van der Waals surface area contributed by atoms with Gasteiger partial charge in [-0.1, -0.05) is 47.9 Å². The molecule has 1 aliphatic rings. The zero-order valence-electron chi connectivity index (χ0n) is 8.62. The smallest absolute Gasteiger partial charge is 0.0334 e. The number of benzene rings is 3. The Balaban J connectivity index is 2.54. The van der Waals surface area contributed by atoms with E-state index in [2.05, 4.69) is 53.9 Å². The van der Waals surface area contributed by atoms with Gasteiger partial charge >= 0.3 is 0 Å². The maximum atomic E-state index is 3.19. The van der Waals surface area contributed by atoms with Crippen molar-refractivity contribution in [3.63, 3.8) is 0 Å². The van der Waals surface area contributed by atoms with Crippen LogP contribution in [-0.4, -0.2) is 0 Å². The van der Waals surface area contributed by atoms with Crippen LogP contribution >= 0.6 is 0 Å². The van der Waals surface area contributed by atoms with Crippen LogP contribution in [0, 0.1) is 0 Å². The lowest BCUT2D eigenvalue weighted by Crippen LogP contribution is -2.03. The van der Waals surface area contributed by atoms with Gasteiger partial charge in [0.25, 0.3) is 0 Å². The van der Waals surface area contributed by atoms with Gasteiger partial charge in [-0.15, -0.1) is 0 Å². The van der Waals surface area contributed by atoms with Crippen molar-refractivity contribution in [1.82, 2.24) is 0 Å². The van der Waals surface area contributed by atoms with Gasteiger partial charge in [-0.2, -0.15) is 0 Å². The minimum atomic E-state index is 1.15. The molecule has 0 aromatic heterocycles. The third-order valence-electron chi connectivity index (χ3n) is 3.24. The fourth-order valence-corrected chi connectivity index (χ4v) is 2.53. The van der Waals surface area contributed by atoms with Gasteiger partial charge in [-0.25, -0.2) is 0 Å². The van der Waals surface area contributed by atoms with E-state index in [4.69, 9.17) is 0 Å². The third-order valence-corrected chi connectivity index (χ3v) is 3.24. The molecule has 0 spiro atoms. The van der Waals surface area contributed by atoms with Crippen molar-refractivity contribution >= 4 is 33.4 Å². The standard InChI is InChI=1S/C16H8/c1-3-11-7-9-13-5-2-6-14-10-8-12(4-1)15(11)16(13)14/h1,3-5,7-10H/i1+1,2+1,3+1,4+1,5+1,6+1,7+1,8+1,9+1,10+1,11+1,12+1,13+1,14+1,15+1,16+1. The van der Waals surface area contributed by atoms with E-state index in [0.29, 0.717) is 0 Å². The second-order valence-electron chi connectivity index (χ2n) is 4.14.